The fraction of sp³-hybridized carbons (Fsp3) is 0. The zero-order chi connectivity index (χ0) is 16.1. The maximum Gasteiger partial charge on any atom is 0.335 e. The second-order valence-corrected chi connectivity index (χ2v) is 4.80. The molecule has 3 rings (SSSR count). The van der Waals surface area contributed by atoms with Gasteiger partial charge < -0.3 is 14.6 Å². The van der Waals surface area contributed by atoms with Gasteiger partial charge in [0.05, 0.1) is 5.56 Å². The van der Waals surface area contributed by atoms with Crippen LogP contribution in [0.15, 0.2) is 78.9 Å². The molecule has 0 aliphatic rings. The van der Waals surface area contributed by atoms with Crippen LogP contribution in [0.25, 0.3) is 0 Å². The lowest BCUT2D eigenvalue weighted by atomic mass is 10.2. The second kappa shape index (κ2) is 6.66. The molecule has 1 N–H and O–H groups in total. The Morgan fingerprint density at radius 3 is 1.74 bits per heavy atom. The molecule has 0 unspecified atom stereocenters. The number of aromatic carboxylic acids is 1. The van der Waals surface area contributed by atoms with Gasteiger partial charge in [0.15, 0.2) is 11.5 Å². The van der Waals surface area contributed by atoms with E-state index in [0.717, 1.165) is 0 Å². The Morgan fingerprint density at radius 1 is 0.696 bits per heavy atom. The van der Waals surface area contributed by atoms with Crippen molar-refractivity contribution in [1.82, 2.24) is 0 Å². The van der Waals surface area contributed by atoms with Crippen molar-refractivity contribution in [3.8, 4) is 23.0 Å². The summed E-state index contributed by atoms with van der Waals surface area (Å²) in [5, 5.41) is 9.16. The van der Waals surface area contributed by atoms with E-state index in [0.29, 0.717) is 23.0 Å². The van der Waals surface area contributed by atoms with Gasteiger partial charge in [-0.1, -0.05) is 36.4 Å². The number of ether oxygens (including phenoxy) is 2. The van der Waals surface area contributed by atoms with Crippen LogP contribution < -0.4 is 9.47 Å². The molecule has 3 aromatic rings. The Kier molecular flexibility index (Phi) is 4.25. The standard InChI is InChI=1S/C19H14O4/c20-19(21)14-11-12-17(22-15-7-3-1-4-8-15)18(13-14)23-16-9-5-2-6-10-16/h1-13H,(H,20,21). The van der Waals surface area contributed by atoms with E-state index in [1.165, 1.54) is 12.1 Å². The Balaban J connectivity index is 1.95. The van der Waals surface area contributed by atoms with E-state index in [9.17, 15) is 4.79 Å². The lowest BCUT2D eigenvalue weighted by molar-refractivity contribution is 0.0696. The quantitative estimate of drug-likeness (QED) is 0.723. The maximum atomic E-state index is 11.2. The summed E-state index contributed by atoms with van der Waals surface area (Å²) in [6.07, 6.45) is 0. The van der Waals surface area contributed by atoms with Gasteiger partial charge in [-0.15, -0.1) is 0 Å². The van der Waals surface area contributed by atoms with Crippen molar-refractivity contribution in [1.29, 1.82) is 0 Å². The van der Waals surface area contributed by atoms with Crippen LogP contribution >= 0.6 is 0 Å². The molecule has 4 heteroatoms. The molecule has 0 bridgehead atoms. The first kappa shape index (κ1) is 14.7. The molecule has 0 aliphatic heterocycles. The first-order valence-corrected chi connectivity index (χ1v) is 7.05. The van der Waals surface area contributed by atoms with E-state index < -0.39 is 5.97 Å². The van der Waals surface area contributed by atoms with Gasteiger partial charge in [0, 0.05) is 0 Å². The molecular weight excluding hydrogens is 292 g/mol. The third-order valence-corrected chi connectivity index (χ3v) is 3.13. The van der Waals surface area contributed by atoms with Crippen LogP contribution in [0.4, 0.5) is 0 Å². The average molecular weight is 306 g/mol. The lowest BCUT2D eigenvalue weighted by Crippen LogP contribution is -1.98. The third kappa shape index (κ3) is 3.68. The van der Waals surface area contributed by atoms with Crippen LogP contribution in [0.5, 0.6) is 23.0 Å². The molecule has 3 aromatic carbocycles. The fourth-order valence-electron chi connectivity index (χ4n) is 2.04. The fourth-order valence-corrected chi connectivity index (χ4v) is 2.04. The van der Waals surface area contributed by atoms with Crippen molar-refractivity contribution < 1.29 is 19.4 Å². The van der Waals surface area contributed by atoms with E-state index in [1.54, 1.807) is 18.2 Å². The number of benzene rings is 3. The SMILES string of the molecule is O=C(O)c1ccc(Oc2ccccc2)c(Oc2ccccc2)c1. The minimum Gasteiger partial charge on any atom is -0.478 e. The highest BCUT2D eigenvalue weighted by Crippen LogP contribution is 2.35. The van der Waals surface area contributed by atoms with Crippen molar-refractivity contribution in [3.63, 3.8) is 0 Å². The Labute approximate surface area is 133 Å². The van der Waals surface area contributed by atoms with Crippen molar-refractivity contribution >= 4 is 5.97 Å². The third-order valence-electron chi connectivity index (χ3n) is 3.13. The topological polar surface area (TPSA) is 55.8 Å². The van der Waals surface area contributed by atoms with Crippen molar-refractivity contribution in [3.05, 3.63) is 84.4 Å². The van der Waals surface area contributed by atoms with Gasteiger partial charge in [-0.2, -0.15) is 0 Å². The molecule has 0 atom stereocenters. The summed E-state index contributed by atoms with van der Waals surface area (Å²) >= 11 is 0. The van der Waals surface area contributed by atoms with Gasteiger partial charge in [0.25, 0.3) is 0 Å². The minimum absolute atomic E-state index is 0.136. The first-order chi connectivity index (χ1) is 11.2. The molecule has 0 spiro atoms. The van der Waals surface area contributed by atoms with Gasteiger partial charge in [-0.05, 0) is 42.5 Å². The summed E-state index contributed by atoms with van der Waals surface area (Å²) in [5.41, 5.74) is 0.136. The zero-order valence-corrected chi connectivity index (χ0v) is 12.2. The Bertz CT molecular complexity index is 798. The summed E-state index contributed by atoms with van der Waals surface area (Å²) in [7, 11) is 0. The molecular formula is C19H14O4. The van der Waals surface area contributed by atoms with Gasteiger partial charge in [0.1, 0.15) is 11.5 Å². The normalized spacial score (nSPS) is 10.1. The van der Waals surface area contributed by atoms with E-state index >= 15 is 0 Å². The van der Waals surface area contributed by atoms with Crippen LogP contribution in [0.2, 0.25) is 0 Å². The Hall–Kier alpha value is -3.27. The summed E-state index contributed by atoms with van der Waals surface area (Å²) in [6, 6.07) is 22.9. The minimum atomic E-state index is -1.02. The molecule has 0 saturated heterocycles. The predicted molar refractivity (Wildman–Crippen MR) is 86.4 cm³/mol. The molecule has 0 aliphatic carbocycles. The molecule has 114 valence electrons. The van der Waals surface area contributed by atoms with E-state index in [4.69, 9.17) is 14.6 Å². The van der Waals surface area contributed by atoms with Gasteiger partial charge >= 0.3 is 5.97 Å². The van der Waals surface area contributed by atoms with Crippen molar-refractivity contribution in [2.45, 2.75) is 0 Å². The Morgan fingerprint density at radius 2 is 1.22 bits per heavy atom. The number of carboxylic acid groups (broad SMARTS) is 1. The highest BCUT2D eigenvalue weighted by molar-refractivity contribution is 5.88. The molecule has 0 amide bonds. The highest BCUT2D eigenvalue weighted by Gasteiger charge is 2.12. The molecule has 0 aromatic heterocycles. The number of hydrogen-bond donors (Lipinski definition) is 1. The summed E-state index contributed by atoms with van der Waals surface area (Å²) in [6.45, 7) is 0. The molecule has 4 nitrogen and oxygen atoms in total. The van der Waals surface area contributed by atoms with Crippen LogP contribution in [-0.2, 0) is 0 Å². The predicted octanol–water partition coefficient (Wildman–Crippen LogP) is 4.97. The lowest BCUT2D eigenvalue weighted by Gasteiger charge is -2.13. The number of carboxylic acids is 1. The van der Waals surface area contributed by atoms with Gasteiger partial charge in [-0.3, -0.25) is 0 Å². The molecule has 0 fully saturated rings. The summed E-state index contributed by atoms with van der Waals surface area (Å²) < 4.78 is 11.6. The number of para-hydroxylation sites is 2. The monoisotopic (exact) mass is 306 g/mol. The van der Waals surface area contributed by atoms with Crippen molar-refractivity contribution in [2.24, 2.45) is 0 Å². The van der Waals surface area contributed by atoms with Crippen molar-refractivity contribution in [2.75, 3.05) is 0 Å². The highest BCUT2D eigenvalue weighted by atomic mass is 16.5. The van der Waals surface area contributed by atoms with E-state index in [1.807, 2.05) is 48.5 Å². The molecule has 0 heterocycles. The molecule has 23 heavy (non-hydrogen) atoms. The van der Waals surface area contributed by atoms with Crippen LogP contribution in [0, 0.1) is 0 Å². The van der Waals surface area contributed by atoms with E-state index in [-0.39, 0.29) is 5.56 Å². The maximum absolute atomic E-state index is 11.2. The molecule has 0 radical (unpaired) electrons. The summed E-state index contributed by atoms with van der Waals surface area (Å²) in [4.78, 5) is 11.2. The number of rotatable bonds is 5. The number of hydrogen-bond acceptors (Lipinski definition) is 3. The second-order valence-electron chi connectivity index (χ2n) is 4.80. The average Bonchev–Trinajstić information content (AvgIpc) is 2.58. The van der Waals surface area contributed by atoms with E-state index in [2.05, 4.69) is 0 Å². The zero-order valence-electron chi connectivity index (χ0n) is 12.2. The van der Waals surface area contributed by atoms with Gasteiger partial charge in [0.2, 0.25) is 0 Å². The first-order valence-electron chi connectivity index (χ1n) is 7.05. The number of carbonyl (C=O) groups is 1. The van der Waals surface area contributed by atoms with Crippen LogP contribution in [0.3, 0.4) is 0 Å². The summed E-state index contributed by atoms with van der Waals surface area (Å²) in [5.74, 6) is 1.03. The van der Waals surface area contributed by atoms with Crippen LogP contribution in [-0.4, -0.2) is 11.1 Å². The smallest absolute Gasteiger partial charge is 0.335 e. The molecule has 0 saturated carbocycles. The largest absolute Gasteiger partial charge is 0.478 e. The van der Waals surface area contributed by atoms with Gasteiger partial charge in [-0.25, -0.2) is 4.79 Å². The van der Waals surface area contributed by atoms with Crippen LogP contribution in [0.1, 0.15) is 10.4 Å².